The Morgan fingerprint density at radius 3 is 2.65 bits per heavy atom. The number of ether oxygens (including phenoxy) is 1. The molecule has 1 aromatic heterocycles. The Morgan fingerprint density at radius 1 is 1.03 bits per heavy atom. The summed E-state index contributed by atoms with van der Waals surface area (Å²) in [6.07, 6.45) is 2.36. The van der Waals surface area contributed by atoms with Gasteiger partial charge in [0.1, 0.15) is 5.75 Å². The van der Waals surface area contributed by atoms with Crippen molar-refractivity contribution in [3.05, 3.63) is 100 Å². The molecule has 1 atom stereocenters. The molecule has 1 aliphatic heterocycles. The molecule has 4 aromatic rings. The van der Waals surface area contributed by atoms with E-state index in [1.807, 2.05) is 83.8 Å². The number of rotatable bonds is 8. The van der Waals surface area contributed by atoms with Crippen LogP contribution in [-0.2, 0) is 17.8 Å². The molecular formula is C30H32N4O3. The summed E-state index contributed by atoms with van der Waals surface area (Å²) in [5.41, 5.74) is 3.63. The molecule has 0 saturated carbocycles. The third-order valence-electron chi connectivity index (χ3n) is 6.96. The van der Waals surface area contributed by atoms with E-state index in [1.54, 1.807) is 11.7 Å². The second-order valence-electron chi connectivity index (χ2n) is 9.48. The summed E-state index contributed by atoms with van der Waals surface area (Å²) in [6, 6.07) is 25.6. The van der Waals surface area contributed by atoms with Crippen LogP contribution in [0.25, 0.3) is 11.0 Å². The summed E-state index contributed by atoms with van der Waals surface area (Å²) in [4.78, 5) is 33.5. The van der Waals surface area contributed by atoms with Gasteiger partial charge in [0.15, 0.2) is 5.82 Å². The molecule has 37 heavy (non-hydrogen) atoms. The number of piperidine rings is 1. The van der Waals surface area contributed by atoms with Crippen LogP contribution < -0.4 is 20.5 Å². The van der Waals surface area contributed by atoms with E-state index in [0.717, 1.165) is 47.2 Å². The minimum absolute atomic E-state index is 0.0259. The van der Waals surface area contributed by atoms with Crippen molar-refractivity contribution >= 4 is 22.8 Å². The van der Waals surface area contributed by atoms with Crippen molar-refractivity contribution in [1.82, 2.24) is 14.9 Å². The SMILES string of the molecule is COc1cccc(CCNC(=O)[C@@H]2CCCN(c3nc4ccccc4n(Cc4ccccc4)c3=O)C2)c1. The molecule has 1 amide bonds. The van der Waals surface area contributed by atoms with Crippen LogP contribution in [0.15, 0.2) is 83.7 Å². The summed E-state index contributed by atoms with van der Waals surface area (Å²) in [5.74, 6) is 1.07. The highest BCUT2D eigenvalue weighted by atomic mass is 16.5. The van der Waals surface area contributed by atoms with Gasteiger partial charge in [-0.25, -0.2) is 4.98 Å². The maximum atomic E-state index is 13.7. The molecule has 0 aliphatic carbocycles. The first-order chi connectivity index (χ1) is 18.1. The Kier molecular flexibility index (Phi) is 7.49. The van der Waals surface area contributed by atoms with Gasteiger partial charge in [-0.05, 0) is 54.7 Å². The van der Waals surface area contributed by atoms with Gasteiger partial charge >= 0.3 is 0 Å². The number of amides is 1. The average Bonchev–Trinajstić information content (AvgIpc) is 2.95. The van der Waals surface area contributed by atoms with Gasteiger partial charge in [0, 0.05) is 19.6 Å². The molecule has 1 N–H and O–H groups in total. The highest BCUT2D eigenvalue weighted by Gasteiger charge is 2.28. The summed E-state index contributed by atoms with van der Waals surface area (Å²) < 4.78 is 7.08. The minimum Gasteiger partial charge on any atom is -0.497 e. The van der Waals surface area contributed by atoms with E-state index in [9.17, 15) is 9.59 Å². The van der Waals surface area contributed by atoms with Gasteiger partial charge in [-0.2, -0.15) is 0 Å². The zero-order valence-electron chi connectivity index (χ0n) is 21.1. The minimum atomic E-state index is -0.186. The fraction of sp³-hybridized carbons (Fsp3) is 0.300. The number of carbonyl (C=O) groups is 1. The van der Waals surface area contributed by atoms with Crippen LogP contribution in [0.5, 0.6) is 5.75 Å². The number of aromatic nitrogens is 2. The van der Waals surface area contributed by atoms with Gasteiger partial charge < -0.3 is 15.0 Å². The van der Waals surface area contributed by atoms with Gasteiger partial charge in [0.25, 0.3) is 5.56 Å². The van der Waals surface area contributed by atoms with Crippen molar-refractivity contribution in [2.24, 2.45) is 5.92 Å². The second kappa shape index (κ2) is 11.3. The van der Waals surface area contributed by atoms with Crippen molar-refractivity contribution < 1.29 is 9.53 Å². The second-order valence-corrected chi connectivity index (χ2v) is 9.48. The third kappa shape index (κ3) is 5.66. The van der Waals surface area contributed by atoms with Gasteiger partial charge in [0.2, 0.25) is 5.91 Å². The molecule has 7 nitrogen and oxygen atoms in total. The van der Waals surface area contributed by atoms with Crippen molar-refractivity contribution in [1.29, 1.82) is 0 Å². The average molecular weight is 497 g/mol. The molecule has 5 rings (SSSR count). The number of benzene rings is 3. The van der Waals surface area contributed by atoms with E-state index in [-0.39, 0.29) is 17.4 Å². The first-order valence-corrected chi connectivity index (χ1v) is 12.8. The lowest BCUT2D eigenvalue weighted by Crippen LogP contribution is -2.46. The van der Waals surface area contributed by atoms with E-state index >= 15 is 0 Å². The monoisotopic (exact) mass is 496 g/mol. The fourth-order valence-electron chi connectivity index (χ4n) is 4.99. The first-order valence-electron chi connectivity index (χ1n) is 12.8. The topological polar surface area (TPSA) is 76.5 Å². The van der Waals surface area contributed by atoms with E-state index in [0.29, 0.717) is 32.0 Å². The smallest absolute Gasteiger partial charge is 0.294 e. The molecule has 0 bridgehead atoms. The number of fused-ring (bicyclic) bond motifs is 1. The van der Waals surface area contributed by atoms with Crippen LogP contribution in [0.1, 0.15) is 24.0 Å². The fourth-order valence-corrected chi connectivity index (χ4v) is 4.99. The molecule has 1 saturated heterocycles. The van der Waals surface area contributed by atoms with Crippen molar-refractivity contribution in [2.75, 3.05) is 31.6 Å². The number of hydrogen-bond acceptors (Lipinski definition) is 5. The quantitative estimate of drug-likeness (QED) is 0.399. The Hall–Kier alpha value is -4.13. The zero-order valence-corrected chi connectivity index (χ0v) is 21.1. The van der Waals surface area contributed by atoms with Crippen LogP contribution in [0.2, 0.25) is 0 Å². The Balaban J connectivity index is 1.32. The van der Waals surface area contributed by atoms with Crippen molar-refractivity contribution in [3.63, 3.8) is 0 Å². The summed E-state index contributed by atoms with van der Waals surface area (Å²) >= 11 is 0. The standard InChI is InChI=1S/C30H32N4O3/c1-37-25-13-7-11-22(19-25)16-17-31-29(35)24-12-8-18-33(21-24)28-30(36)34(20-23-9-3-2-4-10-23)27-15-6-5-14-26(27)32-28/h2-7,9-11,13-15,19,24H,8,12,16-18,20-21H2,1H3,(H,31,35)/t24-/m1/s1. The van der Waals surface area contributed by atoms with Crippen molar-refractivity contribution in [3.8, 4) is 5.75 Å². The molecule has 3 aromatic carbocycles. The number of carbonyl (C=O) groups excluding carboxylic acids is 1. The number of hydrogen-bond donors (Lipinski definition) is 1. The molecule has 0 spiro atoms. The van der Waals surface area contributed by atoms with Crippen LogP contribution in [0, 0.1) is 5.92 Å². The molecular weight excluding hydrogens is 464 g/mol. The number of anilines is 1. The largest absolute Gasteiger partial charge is 0.497 e. The highest BCUT2D eigenvalue weighted by molar-refractivity contribution is 5.80. The number of methoxy groups -OCH3 is 1. The number of nitrogens with one attached hydrogen (secondary N) is 1. The van der Waals surface area contributed by atoms with E-state index in [4.69, 9.17) is 9.72 Å². The van der Waals surface area contributed by atoms with E-state index in [2.05, 4.69) is 5.32 Å². The van der Waals surface area contributed by atoms with Crippen LogP contribution in [-0.4, -0.2) is 42.2 Å². The Labute approximate surface area is 216 Å². The first kappa shape index (κ1) is 24.6. The number of para-hydroxylation sites is 2. The van der Waals surface area contributed by atoms with E-state index in [1.165, 1.54) is 0 Å². The lowest BCUT2D eigenvalue weighted by molar-refractivity contribution is -0.125. The van der Waals surface area contributed by atoms with Gasteiger partial charge in [-0.15, -0.1) is 0 Å². The maximum Gasteiger partial charge on any atom is 0.294 e. The van der Waals surface area contributed by atoms with Gasteiger partial charge in [0.05, 0.1) is 30.6 Å². The Morgan fingerprint density at radius 2 is 1.81 bits per heavy atom. The predicted molar refractivity (Wildman–Crippen MR) is 146 cm³/mol. The molecule has 190 valence electrons. The van der Waals surface area contributed by atoms with Crippen molar-refractivity contribution in [2.45, 2.75) is 25.8 Å². The number of nitrogens with zero attached hydrogens (tertiary/aromatic N) is 3. The molecule has 2 heterocycles. The summed E-state index contributed by atoms with van der Waals surface area (Å²) in [7, 11) is 1.65. The lowest BCUT2D eigenvalue weighted by atomic mass is 9.97. The molecule has 7 heteroatoms. The zero-order chi connectivity index (χ0) is 25.6. The summed E-state index contributed by atoms with van der Waals surface area (Å²) in [6.45, 7) is 2.22. The lowest BCUT2D eigenvalue weighted by Gasteiger charge is -2.32. The maximum absolute atomic E-state index is 13.7. The van der Waals surface area contributed by atoms with E-state index < -0.39 is 0 Å². The predicted octanol–water partition coefficient (Wildman–Crippen LogP) is 4.03. The van der Waals surface area contributed by atoms with Gasteiger partial charge in [-0.1, -0.05) is 54.6 Å². The van der Waals surface area contributed by atoms with Gasteiger partial charge in [-0.3, -0.25) is 14.2 Å². The molecule has 0 unspecified atom stereocenters. The Bertz CT molecular complexity index is 1430. The van der Waals surface area contributed by atoms with Crippen LogP contribution in [0.3, 0.4) is 0 Å². The molecule has 1 aliphatic rings. The van der Waals surface area contributed by atoms with Crippen LogP contribution >= 0.6 is 0 Å². The highest BCUT2D eigenvalue weighted by Crippen LogP contribution is 2.22. The normalized spacial score (nSPS) is 15.5. The molecule has 1 fully saturated rings. The summed E-state index contributed by atoms with van der Waals surface area (Å²) in [5, 5.41) is 3.09. The molecule has 0 radical (unpaired) electrons. The van der Waals surface area contributed by atoms with Crippen LogP contribution in [0.4, 0.5) is 5.82 Å². The third-order valence-corrected chi connectivity index (χ3v) is 6.96.